The van der Waals surface area contributed by atoms with Crippen LogP contribution in [0.1, 0.15) is 186 Å². The Bertz CT molecular complexity index is 3520. The molecule has 6 amide bonds. The van der Waals surface area contributed by atoms with Gasteiger partial charge < -0.3 is 57.1 Å². The first kappa shape index (κ1) is 76.8. The highest BCUT2D eigenvalue weighted by molar-refractivity contribution is 6.80. The van der Waals surface area contributed by atoms with Crippen LogP contribution in [0.2, 0.25) is 0 Å². The van der Waals surface area contributed by atoms with E-state index in [1.165, 1.54) is 66.6 Å². The number of nitrogens with one attached hydrogen (secondary N) is 2. The van der Waals surface area contributed by atoms with Gasteiger partial charge in [0.25, 0.3) is 0 Å². The molecule has 2 aromatic heterocycles. The summed E-state index contributed by atoms with van der Waals surface area (Å²) in [6.45, 7) is 11.8. The molecule has 4 fully saturated rings. The smallest absolute Gasteiger partial charge is 0.397 e. The first-order chi connectivity index (χ1) is 46.0. The summed E-state index contributed by atoms with van der Waals surface area (Å²) in [6.07, 6.45) is 17.7. The minimum Gasteiger partial charge on any atom is -0.474 e. The molecular formula is C72H89ClN10O13. The summed E-state index contributed by atoms with van der Waals surface area (Å²) in [7, 11) is 0. The number of primary amides is 2. The van der Waals surface area contributed by atoms with E-state index in [-0.39, 0.29) is 60.7 Å². The molecule has 0 aliphatic carbocycles. The van der Waals surface area contributed by atoms with E-state index in [4.69, 9.17) is 38.6 Å². The number of carbonyl (C=O) groups is 10. The fourth-order valence-electron chi connectivity index (χ4n) is 11.8. The lowest BCUT2D eigenvalue weighted by atomic mass is 9.91. The average Bonchev–Trinajstić information content (AvgIpc) is 0.841. The van der Waals surface area contributed by atoms with Crippen molar-refractivity contribution in [1.29, 1.82) is 0 Å². The van der Waals surface area contributed by atoms with Crippen molar-refractivity contribution in [3.8, 4) is 0 Å². The predicted octanol–water partition coefficient (Wildman–Crippen LogP) is 10.1. The number of esters is 2. The Morgan fingerprint density at radius 3 is 1.27 bits per heavy atom. The van der Waals surface area contributed by atoms with Gasteiger partial charge in [-0.2, -0.15) is 0 Å². The average molecular weight is 1340 g/mol. The molecule has 6 aromatic rings. The lowest BCUT2D eigenvalue weighted by molar-refractivity contribution is -0.163. The Labute approximate surface area is 565 Å². The van der Waals surface area contributed by atoms with Gasteiger partial charge in [0.05, 0.1) is 60.0 Å². The zero-order chi connectivity index (χ0) is 70.3. The molecule has 1 unspecified atom stereocenters. The number of pyridine rings is 2. The number of nitrogens with two attached hydrogens (primary N) is 3. The normalized spacial score (nSPS) is 20.1. The number of aromatic nitrogens is 2. The van der Waals surface area contributed by atoms with Crippen LogP contribution in [0, 0.1) is 0 Å². The molecule has 6 heterocycles. The molecule has 512 valence electrons. The van der Waals surface area contributed by atoms with Crippen molar-refractivity contribution in [2.75, 3.05) is 24.3 Å². The molecule has 0 saturated carbocycles. The van der Waals surface area contributed by atoms with Crippen LogP contribution in [0.4, 0.5) is 11.4 Å². The van der Waals surface area contributed by atoms with Gasteiger partial charge in [-0.1, -0.05) is 128 Å². The van der Waals surface area contributed by atoms with Gasteiger partial charge in [0, 0.05) is 48.8 Å². The second-order valence-corrected chi connectivity index (χ2v) is 23.7. The number of anilines is 2. The largest absolute Gasteiger partial charge is 0.474 e. The number of nitrogen functional groups attached to an aromatic ring is 1. The van der Waals surface area contributed by atoms with Crippen LogP contribution in [-0.4, -0.2) is 126 Å². The number of likely N-dealkylation sites (tertiary alicyclic amines) is 3. The number of carboxylic acid groups (broad SMARTS) is 1. The molecule has 8 atom stereocenters. The highest BCUT2D eigenvalue weighted by Gasteiger charge is 2.39. The Balaban J connectivity index is 0.000000217. The number of halogens is 1. The maximum Gasteiger partial charge on any atom is 0.397 e. The van der Waals surface area contributed by atoms with Crippen molar-refractivity contribution in [2.45, 2.75) is 167 Å². The van der Waals surface area contributed by atoms with E-state index < -0.39 is 58.6 Å². The quantitative estimate of drug-likeness (QED) is 0.0422. The number of benzene rings is 4. The number of hydrogen-bond donors (Lipinski definition) is 6. The van der Waals surface area contributed by atoms with Gasteiger partial charge in [-0.25, -0.2) is 14.4 Å². The molecule has 9 N–H and O–H groups in total. The van der Waals surface area contributed by atoms with E-state index in [9.17, 15) is 47.9 Å². The van der Waals surface area contributed by atoms with E-state index in [0.717, 1.165) is 74.5 Å². The molecule has 4 aromatic carbocycles. The molecule has 0 spiro atoms. The molecule has 23 nitrogen and oxygen atoms in total. The summed E-state index contributed by atoms with van der Waals surface area (Å²) < 4.78 is 9.04. The number of hydrogen-bond acceptors (Lipinski definition) is 16. The van der Waals surface area contributed by atoms with Crippen LogP contribution in [0.25, 0.3) is 0 Å². The van der Waals surface area contributed by atoms with Gasteiger partial charge in [-0.05, 0) is 158 Å². The molecule has 0 radical (unpaired) electrons. The molecule has 4 saturated heterocycles. The third-order valence-electron chi connectivity index (χ3n) is 16.4. The molecular weight excluding hydrogens is 1250 g/mol. The highest BCUT2D eigenvalue weighted by Crippen LogP contribution is 2.37. The van der Waals surface area contributed by atoms with Gasteiger partial charge in [-0.3, -0.25) is 43.5 Å². The molecule has 96 heavy (non-hydrogen) atoms. The minimum absolute atomic E-state index is 0.0208. The van der Waals surface area contributed by atoms with Crippen LogP contribution in [0.15, 0.2) is 158 Å². The second kappa shape index (κ2) is 39.7. The Kier molecular flexibility index (Phi) is 31.8. The first-order valence-electron chi connectivity index (χ1n) is 32.2. The fraction of sp³-hybridized carbons (Fsp3) is 0.389. The van der Waals surface area contributed by atoms with Crippen LogP contribution in [-0.2, 0) is 47.8 Å². The van der Waals surface area contributed by atoms with Crippen molar-refractivity contribution in [3.05, 3.63) is 192 Å². The maximum atomic E-state index is 12.9. The van der Waals surface area contributed by atoms with Crippen LogP contribution in [0.5, 0.6) is 0 Å². The summed E-state index contributed by atoms with van der Waals surface area (Å²) in [4.78, 5) is 126. The summed E-state index contributed by atoms with van der Waals surface area (Å²) in [5.74, 6) is -6.95. The topological polar surface area (TPSA) is 347 Å². The van der Waals surface area contributed by atoms with Crippen molar-refractivity contribution >= 4 is 81.6 Å². The number of carbonyl (C=O) groups excluding carboxylic acids is 9. The molecule has 0 bridgehead atoms. The Hall–Kier alpha value is -9.87. The van der Waals surface area contributed by atoms with Crippen LogP contribution in [0.3, 0.4) is 0 Å². The van der Waals surface area contributed by atoms with Gasteiger partial charge in [0.15, 0.2) is 0 Å². The van der Waals surface area contributed by atoms with E-state index >= 15 is 0 Å². The Morgan fingerprint density at radius 1 is 0.510 bits per heavy atom. The van der Waals surface area contributed by atoms with Crippen LogP contribution >= 0.6 is 11.6 Å². The van der Waals surface area contributed by atoms with E-state index in [1.807, 2.05) is 112 Å². The maximum absolute atomic E-state index is 12.9. The summed E-state index contributed by atoms with van der Waals surface area (Å²) in [6, 6.07) is 43.9. The standard InChI is InChI=1S/C20H22N4O3.C16H21NO3.C14H17NO3.C12H17N.C6H7N3O.C4H5ClO3/c1-13-6-5-9-17(14-7-3-2-4-8-14)24(13)20(27)19(26)23-16-10-15(18(21)25)11-22-12-16;1-3-20-16(19)15(18)17-12(2)8-7-11-14(17)13-9-5-4-6-10-13;1-10-6-5-9-12(11-7-3-2-4-8-11)15(10)13(16)14(17)18;1-10-6-5-9-12(13-10)11-7-3-2-4-8-11;7-5-1-4(6(8)10)2-9-3-5;1-2-8-4(7)3(5)6/h2-4,7-8,10-13,17H,5-6,9H2,1H3,(H2,21,25)(H,23,26);4-6,9-10,12,14H,3,7-8,11H2,1-2H3;2-4,7-8,10,12H,5-6,9H2,1H3,(H,17,18);2-4,7-8,10,12-13H,5-6,9H2,1H3;1-3H,7H2,(H2,8,10);2H2,1H3/t13-,17-;12-,14-;10-,12-;10?,12-;;/m0000../s1. The number of amides is 6. The number of piperidine rings is 4. The third-order valence-corrected chi connectivity index (χ3v) is 16.5. The number of rotatable bonds is 10. The lowest BCUT2D eigenvalue weighted by Crippen LogP contribution is -2.48. The van der Waals surface area contributed by atoms with Crippen molar-refractivity contribution in [1.82, 2.24) is 30.0 Å². The van der Waals surface area contributed by atoms with Crippen LogP contribution < -0.4 is 27.8 Å². The van der Waals surface area contributed by atoms with Crippen molar-refractivity contribution in [2.24, 2.45) is 11.5 Å². The number of nitrogens with zero attached hydrogens (tertiary/aromatic N) is 5. The van der Waals surface area contributed by atoms with Gasteiger partial charge in [-0.15, -0.1) is 0 Å². The zero-order valence-corrected chi connectivity index (χ0v) is 56.0. The van der Waals surface area contributed by atoms with Crippen molar-refractivity contribution < 1.29 is 62.5 Å². The molecule has 24 heteroatoms. The third kappa shape index (κ3) is 23.9. The second-order valence-electron chi connectivity index (χ2n) is 23.4. The van der Waals surface area contributed by atoms with Gasteiger partial charge >= 0.3 is 46.8 Å². The number of carboxylic acids is 1. The summed E-state index contributed by atoms with van der Waals surface area (Å²) in [5, 5.41) is 14.0. The number of aliphatic carboxylic acids is 1. The van der Waals surface area contributed by atoms with Crippen molar-refractivity contribution in [3.63, 3.8) is 0 Å². The summed E-state index contributed by atoms with van der Waals surface area (Å²) >= 11 is 4.69. The van der Waals surface area contributed by atoms with E-state index in [2.05, 4.69) is 62.6 Å². The van der Waals surface area contributed by atoms with Gasteiger partial charge in [0.1, 0.15) is 0 Å². The molecule has 4 aliphatic heterocycles. The zero-order valence-electron chi connectivity index (χ0n) is 55.2. The lowest BCUT2D eigenvalue weighted by Gasteiger charge is -2.40. The van der Waals surface area contributed by atoms with E-state index in [0.29, 0.717) is 23.3 Å². The SMILES string of the molecule is CC1CCC[C@@H](c2ccccc2)N1.CCOC(=O)C(=O)Cl.CCOC(=O)C(=O)N1[C@@H](C)CCC[C@H]1c1ccccc1.C[C@H]1CCC[C@@H](c2ccccc2)N1C(=O)C(=O)Nc1cncc(C(N)=O)c1.C[C@H]1CCC[C@@H](c2ccccc2)N1C(=O)C(=O)O.NC(=O)c1cncc(N)c1. The monoisotopic (exact) mass is 1340 g/mol. The molecule has 4 aliphatic rings. The highest BCUT2D eigenvalue weighted by atomic mass is 35.5. The predicted molar refractivity (Wildman–Crippen MR) is 364 cm³/mol. The Morgan fingerprint density at radius 2 is 0.896 bits per heavy atom. The summed E-state index contributed by atoms with van der Waals surface area (Å²) in [5.41, 5.74) is 21.2. The van der Waals surface area contributed by atoms with E-state index in [1.54, 1.807) is 23.6 Å². The fourth-order valence-corrected chi connectivity index (χ4v) is 11.9. The minimum atomic E-state index is -1.37. The number of ether oxygens (including phenoxy) is 2. The first-order valence-corrected chi connectivity index (χ1v) is 32.6. The molecule has 10 rings (SSSR count). The van der Waals surface area contributed by atoms with Gasteiger partial charge in [0.2, 0.25) is 11.8 Å².